The maximum absolute atomic E-state index is 13.4. The molecule has 0 bridgehead atoms. The first-order chi connectivity index (χ1) is 8.93. The van der Waals surface area contributed by atoms with Crippen LogP contribution in [0.5, 0.6) is 0 Å². The van der Waals surface area contributed by atoms with E-state index in [1.165, 1.54) is 0 Å². The normalized spacial score (nSPS) is 10.1. The van der Waals surface area contributed by atoms with E-state index >= 15 is 0 Å². The molecule has 5 nitrogen and oxygen atoms in total. The highest BCUT2D eigenvalue weighted by atomic mass is 19.1. The van der Waals surface area contributed by atoms with Crippen molar-refractivity contribution in [2.45, 2.75) is 20.4 Å². The van der Waals surface area contributed by atoms with Crippen LogP contribution in [0.2, 0.25) is 0 Å². The van der Waals surface area contributed by atoms with Gasteiger partial charge in [-0.2, -0.15) is 0 Å². The Kier molecular flexibility index (Phi) is 5.44. The number of carbonyl (C=O) groups is 2. The molecule has 0 aliphatic rings. The van der Waals surface area contributed by atoms with Crippen LogP contribution in [-0.2, 0) is 16.1 Å². The predicted molar refractivity (Wildman–Crippen MR) is 69.8 cm³/mol. The number of aryl methyl sites for hydroxylation is 2. The molecule has 0 aliphatic heterocycles. The second-order valence-corrected chi connectivity index (χ2v) is 4.30. The monoisotopic (exact) mass is 267 g/mol. The third-order valence-electron chi connectivity index (χ3n) is 2.62. The summed E-state index contributed by atoms with van der Waals surface area (Å²) < 4.78 is 13.4. The van der Waals surface area contributed by atoms with E-state index in [1.807, 2.05) is 0 Å². The number of rotatable bonds is 5. The van der Waals surface area contributed by atoms with Crippen LogP contribution in [-0.4, -0.2) is 24.9 Å². The third-order valence-corrected chi connectivity index (χ3v) is 2.62. The molecule has 0 unspecified atom stereocenters. The fraction of sp³-hybridized carbons (Fsp3) is 0.385. The molecule has 0 saturated carbocycles. The summed E-state index contributed by atoms with van der Waals surface area (Å²) in [6.45, 7) is 3.38. The Hall–Kier alpha value is -1.95. The van der Waals surface area contributed by atoms with Crippen molar-refractivity contribution < 1.29 is 14.0 Å². The van der Waals surface area contributed by atoms with Gasteiger partial charge >= 0.3 is 0 Å². The van der Waals surface area contributed by atoms with Gasteiger partial charge in [-0.3, -0.25) is 9.59 Å². The lowest BCUT2D eigenvalue weighted by molar-refractivity contribution is -0.125. The molecule has 0 spiro atoms. The molecule has 0 aliphatic carbocycles. The van der Waals surface area contributed by atoms with E-state index in [2.05, 4.69) is 10.6 Å². The van der Waals surface area contributed by atoms with Crippen LogP contribution >= 0.6 is 0 Å². The Morgan fingerprint density at radius 2 is 1.74 bits per heavy atom. The summed E-state index contributed by atoms with van der Waals surface area (Å²) in [6.07, 6.45) is 0. The first-order valence-electron chi connectivity index (χ1n) is 5.93. The van der Waals surface area contributed by atoms with Crippen molar-refractivity contribution >= 4 is 11.8 Å². The smallest absolute Gasteiger partial charge is 0.239 e. The molecule has 0 radical (unpaired) electrons. The first kappa shape index (κ1) is 15.1. The first-order valence-corrected chi connectivity index (χ1v) is 5.93. The Morgan fingerprint density at radius 3 is 2.26 bits per heavy atom. The van der Waals surface area contributed by atoms with Crippen LogP contribution in [0.15, 0.2) is 12.1 Å². The van der Waals surface area contributed by atoms with E-state index in [0.717, 1.165) is 5.56 Å². The molecule has 2 amide bonds. The average Bonchev–Trinajstić information content (AvgIpc) is 2.39. The summed E-state index contributed by atoms with van der Waals surface area (Å²) in [5.74, 6) is -0.935. The van der Waals surface area contributed by atoms with Crippen molar-refractivity contribution in [3.8, 4) is 0 Å². The molecular formula is C13H18FN3O2. The highest BCUT2D eigenvalue weighted by Gasteiger charge is 2.06. The van der Waals surface area contributed by atoms with Crippen LogP contribution < -0.4 is 16.4 Å². The molecule has 0 heterocycles. The molecule has 0 atom stereocenters. The number of hydrogen-bond acceptors (Lipinski definition) is 3. The fourth-order valence-electron chi connectivity index (χ4n) is 1.65. The van der Waals surface area contributed by atoms with Crippen molar-refractivity contribution in [3.63, 3.8) is 0 Å². The Labute approximate surface area is 111 Å². The van der Waals surface area contributed by atoms with E-state index in [-0.39, 0.29) is 30.7 Å². The molecule has 104 valence electrons. The van der Waals surface area contributed by atoms with Gasteiger partial charge in [0, 0.05) is 6.54 Å². The van der Waals surface area contributed by atoms with Crippen LogP contribution in [0.25, 0.3) is 0 Å². The Morgan fingerprint density at radius 1 is 1.16 bits per heavy atom. The number of benzene rings is 1. The van der Waals surface area contributed by atoms with Crippen molar-refractivity contribution in [3.05, 3.63) is 34.6 Å². The van der Waals surface area contributed by atoms with Crippen LogP contribution in [0.4, 0.5) is 4.39 Å². The van der Waals surface area contributed by atoms with Gasteiger partial charge in [0.25, 0.3) is 0 Å². The second kappa shape index (κ2) is 6.84. The molecule has 0 fully saturated rings. The minimum atomic E-state index is -0.386. The summed E-state index contributed by atoms with van der Waals surface area (Å²) in [5, 5.41) is 5.00. The molecular weight excluding hydrogens is 249 g/mol. The van der Waals surface area contributed by atoms with E-state index < -0.39 is 0 Å². The van der Waals surface area contributed by atoms with E-state index in [4.69, 9.17) is 5.73 Å². The molecule has 6 heteroatoms. The molecule has 1 aromatic rings. The van der Waals surface area contributed by atoms with Crippen molar-refractivity contribution in [1.29, 1.82) is 0 Å². The Bertz CT molecular complexity index is 466. The van der Waals surface area contributed by atoms with Crippen LogP contribution in [0, 0.1) is 19.7 Å². The predicted octanol–water partition coefficient (Wildman–Crippen LogP) is 0.134. The van der Waals surface area contributed by atoms with Gasteiger partial charge in [-0.1, -0.05) is 12.1 Å². The number of carbonyl (C=O) groups excluding carboxylic acids is 2. The molecule has 4 N–H and O–H groups in total. The van der Waals surface area contributed by atoms with Gasteiger partial charge in [0.1, 0.15) is 5.82 Å². The molecule has 0 aromatic heterocycles. The van der Waals surface area contributed by atoms with Gasteiger partial charge in [-0.25, -0.2) is 4.39 Å². The third kappa shape index (κ3) is 4.67. The average molecular weight is 267 g/mol. The zero-order valence-electron chi connectivity index (χ0n) is 11.0. The summed E-state index contributed by atoms with van der Waals surface area (Å²) in [5.41, 5.74) is 6.99. The fourth-order valence-corrected chi connectivity index (χ4v) is 1.65. The van der Waals surface area contributed by atoms with Crippen LogP contribution in [0.1, 0.15) is 16.7 Å². The maximum Gasteiger partial charge on any atom is 0.239 e. The molecule has 1 aromatic carbocycles. The minimum Gasteiger partial charge on any atom is -0.350 e. The highest BCUT2D eigenvalue weighted by molar-refractivity contribution is 5.85. The molecule has 1 rings (SSSR count). The number of amides is 2. The van der Waals surface area contributed by atoms with Crippen molar-refractivity contribution in [2.75, 3.05) is 13.1 Å². The molecule has 0 saturated heterocycles. The quantitative estimate of drug-likeness (QED) is 0.709. The SMILES string of the molecule is Cc1cc(CNC(=O)CNC(=O)CN)cc(C)c1F. The largest absolute Gasteiger partial charge is 0.350 e. The van der Waals surface area contributed by atoms with Gasteiger partial charge in [-0.15, -0.1) is 0 Å². The number of hydrogen-bond donors (Lipinski definition) is 3. The van der Waals surface area contributed by atoms with E-state index in [0.29, 0.717) is 17.7 Å². The summed E-state index contributed by atoms with van der Waals surface area (Å²) in [6, 6.07) is 3.36. The number of nitrogens with one attached hydrogen (secondary N) is 2. The minimum absolute atomic E-state index is 0.116. The Balaban J connectivity index is 2.48. The van der Waals surface area contributed by atoms with Gasteiger partial charge < -0.3 is 16.4 Å². The lowest BCUT2D eigenvalue weighted by Gasteiger charge is -2.09. The van der Waals surface area contributed by atoms with Crippen molar-refractivity contribution in [1.82, 2.24) is 10.6 Å². The van der Waals surface area contributed by atoms with E-state index in [1.54, 1.807) is 26.0 Å². The second-order valence-electron chi connectivity index (χ2n) is 4.30. The zero-order valence-corrected chi connectivity index (χ0v) is 11.0. The number of nitrogens with two attached hydrogens (primary N) is 1. The summed E-state index contributed by atoms with van der Waals surface area (Å²) >= 11 is 0. The highest BCUT2D eigenvalue weighted by Crippen LogP contribution is 2.14. The summed E-state index contributed by atoms with van der Waals surface area (Å²) in [7, 11) is 0. The maximum atomic E-state index is 13.4. The van der Waals surface area contributed by atoms with Gasteiger partial charge in [0.15, 0.2) is 0 Å². The van der Waals surface area contributed by atoms with Gasteiger partial charge in [-0.05, 0) is 30.5 Å². The number of halogens is 1. The zero-order chi connectivity index (χ0) is 14.4. The standard InChI is InChI=1S/C13H18FN3O2/c1-8-3-10(4-9(2)13(8)14)6-16-12(19)7-17-11(18)5-15/h3-4H,5-7,15H2,1-2H3,(H,16,19)(H,17,18). The lowest BCUT2D eigenvalue weighted by Crippen LogP contribution is -2.39. The lowest BCUT2D eigenvalue weighted by atomic mass is 10.1. The molecule has 19 heavy (non-hydrogen) atoms. The van der Waals surface area contributed by atoms with Gasteiger partial charge in [0.2, 0.25) is 11.8 Å². The van der Waals surface area contributed by atoms with Gasteiger partial charge in [0.05, 0.1) is 13.1 Å². The van der Waals surface area contributed by atoms with Crippen LogP contribution in [0.3, 0.4) is 0 Å². The van der Waals surface area contributed by atoms with Crippen molar-refractivity contribution in [2.24, 2.45) is 5.73 Å². The topological polar surface area (TPSA) is 84.2 Å². The van der Waals surface area contributed by atoms with E-state index in [9.17, 15) is 14.0 Å². The summed E-state index contributed by atoms with van der Waals surface area (Å²) in [4.78, 5) is 22.3.